The van der Waals surface area contributed by atoms with E-state index < -0.39 is 42.6 Å². The van der Waals surface area contributed by atoms with Crippen LogP contribution < -0.4 is 5.32 Å². The Morgan fingerprint density at radius 3 is 2.11 bits per heavy atom. The molecule has 1 aliphatic rings. The second-order valence-electron chi connectivity index (χ2n) is 7.79. The van der Waals surface area contributed by atoms with E-state index in [-0.39, 0.29) is 19.1 Å². The number of methoxy groups -OCH3 is 1. The number of esters is 2. The highest BCUT2D eigenvalue weighted by Gasteiger charge is 2.50. The zero-order valence-corrected chi connectivity index (χ0v) is 19.6. The van der Waals surface area contributed by atoms with E-state index in [1.54, 1.807) is 60.7 Å². The first-order valence-corrected chi connectivity index (χ1v) is 11.1. The number of hydrogen-bond acceptors (Lipinski definition) is 8. The van der Waals surface area contributed by atoms with Gasteiger partial charge in [-0.1, -0.05) is 42.5 Å². The predicted octanol–water partition coefficient (Wildman–Crippen LogP) is 2.52. The number of carbonyl (C=O) groups excluding carboxylic acids is 3. The van der Waals surface area contributed by atoms with Crippen LogP contribution in [-0.2, 0) is 28.5 Å². The Kier molecular flexibility index (Phi) is 9.54. The quantitative estimate of drug-likeness (QED) is 0.406. The molecule has 186 valence electrons. The first-order chi connectivity index (χ1) is 16.9. The van der Waals surface area contributed by atoms with E-state index in [1.165, 1.54) is 20.1 Å². The lowest BCUT2D eigenvalue weighted by Gasteiger charge is -2.45. The molecule has 2 aromatic carbocycles. The van der Waals surface area contributed by atoms with Crippen LogP contribution in [0.2, 0.25) is 0 Å². The number of nitrogens with one attached hydrogen (secondary N) is 1. The molecule has 0 bridgehead atoms. The van der Waals surface area contributed by atoms with Crippen LogP contribution in [0.3, 0.4) is 0 Å². The van der Waals surface area contributed by atoms with Gasteiger partial charge < -0.3 is 29.0 Å². The van der Waals surface area contributed by atoms with Gasteiger partial charge in [-0.3, -0.25) is 4.79 Å². The summed E-state index contributed by atoms with van der Waals surface area (Å²) < 4.78 is 28.7. The SMILES string of the molecule is C=CCO[C@H]1O[C@H](COC(=O)c2ccccc2)[C@@H](OC)[C@H](OC(=O)c2ccccc2)[C@H]1NC(C)=O. The van der Waals surface area contributed by atoms with E-state index in [0.717, 1.165) is 0 Å². The molecule has 0 radical (unpaired) electrons. The molecule has 0 aliphatic carbocycles. The average molecular weight is 484 g/mol. The minimum absolute atomic E-state index is 0.105. The van der Waals surface area contributed by atoms with Gasteiger partial charge in [0.25, 0.3) is 0 Å². The van der Waals surface area contributed by atoms with Crippen LogP contribution in [0.5, 0.6) is 0 Å². The summed E-state index contributed by atoms with van der Waals surface area (Å²) in [6.45, 7) is 4.87. The van der Waals surface area contributed by atoms with Crippen LogP contribution in [0.25, 0.3) is 0 Å². The summed E-state index contributed by atoms with van der Waals surface area (Å²) >= 11 is 0. The van der Waals surface area contributed by atoms with Gasteiger partial charge in [0.05, 0.1) is 17.7 Å². The Labute approximate surface area is 204 Å². The molecule has 1 aliphatic heterocycles. The van der Waals surface area contributed by atoms with Crippen molar-refractivity contribution in [1.29, 1.82) is 0 Å². The summed E-state index contributed by atoms with van der Waals surface area (Å²) in [5.74, 6) is -1.54. The maximum Gasteiger partial charge on any atom is 0.338 e. The summed E-state index contributed by atoms with van der Waals surface area (Å²) in [6.07, 6.45) is -2.27. The van der Waals surface area contributed by atoms with Crippen LogP contribution in [-0.4, -0.2) is 68.8 Å². The molecule has 1 fully saturated rings. The molecule has 0 spiro atoms. The third-order valence-electron chi connectivity index (χ3n) is 5.31. The Morgan fingerprint density at radius 2 is 1.57 bits per heavy atom. The lowest BCUT2D eigenvalue weighted by molar-refractivity contribution is -0.270. The van der Waals surface area contributed by atoms with Gasteiger partial charge in [-0.05, 0) is 24.3 Å². The molecule has 35 heavy (non-hydrogen) atoms. The number of hydrogen-bond donors (Lipinski definition) is 1. The zero-order chi connectivity index (χ0) is 25.2. The Morgan fingerprint density at radius 1 is 0.971 bits per heavy atom. The van der Waals surface area contributed by atoms with Crippen molar-refractivity contribution in [2.75, 3.05) is 20.3 Å². The Hall–Kier alpha value is -3.53. The maximum atomic E-state index is 12.9. The summed E-state index contributed by atoms with van der Waals surface area (Å²) in [5.41, 5.74) is 0.700. The van der Waals surface area contributed by atoms with Gasteiger partial charge in [-0.2, -0.15) is 0 Å². The number of benzene rings is 2. The van der Waals surface area contributed by atoms with E-state index in [2.05, 4.69) is 11.9 Å². The van der Waals surface area contributed by atoms with E-state index in [9.17, 15) is 14.4 Å². The molecule has 1 saturated heterocycles. The van der Waals surface area contributed by atoms with Crippen LogP contribution >= 0.6 is 0 Å². The van der Waals surface area contributed by atoms with Crippen LogP contribution in [0.1, 0.15) is 27.6 Å². The van der Waals surface area contributed by atoms with Crippen LogP contribution in [0.15, 0.2) is 73.3 Å². The van der Waals surface area contributed by atoms with Gasteiger partial charge in [0.2, 0.25) is 5.91 Å². The average Bonchev–Trinajstić information content (AvgIpc) is 2.88. The maximum absolute atomic E-state index is 12.9. The molecule has 9 nitrogen and oxygen atoms in total. The lowest BCUT2D eigenvalue weighted by Crippen LogP contribution is -2.66. The molecule has 0 aromatic heterocycles. The highest BCUT2D eigenvalue weighted by molar-refractivity contribution is 5.90. The van der Waals surface area contributed by atoms with Crippen LogP contribution in [0, 0.1) is 0 Å². The van der Waals surface area contributed by atoms with Crippen molar-refractivity contribution >= 4 is 17.8 Å². The zero-order valence-electron chi connectivity index (χ0n) is 19.6. The van der Waals surface area contributed by atoms with Crippen molar-refractivity contribution < 1.29 is 38.1 Å². The molecular formula is C26H29NO8. The minimum atomic E-state index is -1.03. The lowest BCUT2D eigenvalue weighted by atomic mass is 9.96. The number of carbonyl (C=O) groups is 3. The highest BCUT2D eigenvalue weighted by Crippen LogP contribution is 2.28. The van der Waals surface area contributed by atoms with Gasteiger partial charge in [-0.25, -0.2) is 9.59 Å². The fourth-order valence-corrected chi connectivity index (χ4v) is 3.74. The van der Waals surface area contributed by atoms with Gasteiger partial charge in [-0.15, -0.1) is 6.58 Å². The molecule has 1 amide bonds. The van der Waals surface area contributed by atoms with Gasteiger partial charge >= 0.3 is 11.9 Å². The minimum Gasteiger partial charge on any atom is -0.459 e. The van der Waals surface area contributed by atoms with Crippen molar-refractivity contribution in [2.24, 2.45) is 0 Å². The molecule has 0 unspecified atom stereocenters. The van der Waals surface area contributed by atoms with Gasteiger partial charge in [0, 0.05) is 14.0 Å². The molecular weight excluding hydrogens is 454 g/mol. The number of amides is 1. The largest absolute Gasteiger partial charge is 0.459 e. The van der Waals surface area contributed by atoms with Crippen molar-refractivity contribution in [3.05, 3.63) is 84.4 Å². The molecule has 2 aromatic rings. The van der Waals surface area contributed by atoms with Crippen molar-refractivity contribution in [1.82, 2.24) is 5.32 Å². The summed E-state index contributed by atoms with van der Waals surface area (Å²) in [4.78, 5) is 37.4. The number of ether oxygens (including phenoxy) is 5. The molecule has 0 saturated carbocycles. The molecule has 3 rings (SSSR count). The van der Waals surface area contributed by atoms with Crippen molar-refractivity contribution in [2.45, 2.75) is 37.6 Å². The predicted molar refractivity (Wildman–Crippen MR) is 126 cm³/mol. The molecule has 1 N–H and O–H groups in total. The van der Waals surface area contributed by atoms with E-state index in [1.807, 2.05) is 0 Å². The summed E-state index contributed by atoms with van der Waals surface area (Å²) in [7, 11) is 1.42. The van der Waals surface area contributed by atoms with Crippen LogP contribution in [0.4, 0.5) is 0 Å². The second kappa shape index (κ2) is 12.8. The summed E-state index contributed by atoms with van der Waals surface area (Å²) in [6, 6.07) is 16.0. The molecule has 9 heteroatoms. The first-order valence-electron chi connectivity index (χ1n) is 11.1. The normalized spacial score (nSPS) is 23.7. The molecule has 5 atom stereocenters. The van der Waals surface area contributed by atoms with Crippen molar-refractivity contribution in [3.8, 4) is 0 Å². The van der Waals surface area contributed by atoms with E-state index in [4.69, 9.17) is 23.7 Å². The monoisotopic (exact) mass is 483 g/mol. The topological polar surface area (TPSA) is 109 Å². The van der Waals surface area contributed by atoms with E-state index >= 15 is 0 Å². The van der Waals surface area contributed by atoms with Gasteiger partial charge in [0.15, 0.2) is 12.4 Å². The number of rotatable bonds is 10. The smallest absolute Gasteiger partial charge is 0.338 e. The second-order valence-corrected chi connectivity index (χ2v) is 7.79. The van der Waals surface area contributed by atoms with E-state index in [0.29, 0.717) is 11.1 Å². The standard InChI is InChI=1S/C26H29NO8/c1-4-15-32-26-21(27-17(2)28)23(35-25(30)19-13-9-6-10-14-19)22(31-3)20(34-26)16-33-24(29)18-11-7-5-8-12-18/h4-14,20-23,26H,1,15-16H2,2-3H3,(H,27,28)/t20-,21-,22-,23-,26+/m1/s1. The first kappa shape index (κ1) is 26.1. The fraction of sp³-hybridized carbons (Fsp3) is 0.346. The third kappa shape index (κ3) is 6.98. The van der Waals surface area contributed by atoms with Crippen molar-refractivity contribution in [3.63, 3.8) is 0 Å². The fourth-order valence-electron chi connectivity index (χ4n) is 3.74. The Bertz CT molecular complexity index is 997. The molecule has 1 heterocycles. The summed E-state index contributed by atoms with van der Waals surface area (Å²) in [5, 5.41) is 2.74. The van der Waals surface area contributed by atoms with Gasteiger partial charge in [0.1, 0.15) is 24.9 Å². The Balaban J connectivity index is 1.86. The highest BCUT2D eigenvalue weighted by atomic mass is 16.7. The third-order valence-corrected chi connectivity index (χ3v) is 5.31.